The van der Waals surface area contributed by atoms with Crippen LogP contribution in [0.4, 0.5) is 11.5 Å². The molecule has 0 aliphatic heterocycles. The van der Waals surface area contributed by atoms with Gasteiger partial charge in [0.1, 0.15) is 12.0 Å². The second kappa shape index (κ2) is 8.17. The topological polar surface area (TPSA) is 70.1 Å². The van der Waals surface area contributed by atoms with Crippen molar-refractivity contribution >= 4 is 23.1 Å². The zero-order valence-corrected chi connectivity index (χ0v) is 12.5. The van der Waals surface area contributed by atoms with Crippen molar-refractivity contribution in [3.8, 4) is 0 Å². The Hall–Kier alpha value is -1.07. The Bertz CT molecular complexity index is 387. The molecule has 0 saturated carbocycles. The second-order valence-electron chi connectivity index (χ2n) is 5.03. The molecule has 0 aliphatic carbocycles. The van der Waals surface area contributed by atoms with Crippen molar-refractivity contribution in [1.29, 1.82) is 0 Å². The largest absolute Gasteiger partial charge is 0.396 e. The lowest BCUT2D eigenvalue weighted by Gasteiger charge is -2.20. The Balaban J connectivity index is 2.65. The molecule has 108 valence electrons. The first-order valence-electron chi connectivity index (χ1n) is 6.61. The number of nitrogens with one attached hydrogen (secondary N) is 2. The number of aromatic nitrogens is 2. The number of hydrogen-bond donors (Lipinski definition) is 3. The first-order valence-corrected chi connectivity index (χ1v) is 6.99. The van der Waals surface area contributed by atoms with E-state index in [1.807, 2.05) is 0 Å². The van der Waals surface area contributed by atoms with Crippen molar-refractivity contribution in [2.75, 3.05) is 30.8 Å². The lowest BCUT2D eigenvalue weighted by atomic mass is 9.94. The highest BCUT2D eigenvalue weighted by Gasteiger charge is 2.13. The van der Waals surface area contributed by atoms with Gasteiger partial charge in [-0.1, -0.05) is 25.4 Å². The summed E-state index contributed by atoms with van der Waals surface area (Å²) in [5.74, 6) is 1.73. The Labute approximate surface area is 119 Å². The monoisotopic (exact) mass is 286 g/mol. The third kappa shape index (κ3) is 5.20. The molecular formula is C13H23ClN4O. The Morgan fingerprint density at radius 2 is 2.11 bits per heavy atom. The van der Waals surface area contributed by atoms with Crippen molar-refractivity contribution in [1.82, 2.24) is 9.97 Å². The SMILES string of the molecule is CNc1c(Cl)ncnc1NCC(CCO)CC(C)C. The molecule has 0 aromatic carbocycles. The lowest BCUT2D eigenvalue weighted by Crippen LogP contribution is -2.19. The molecule has 0 fully saturated rings. The van der Waals surface area contributed by atoms with Gasteiger partial charge in [0.25, 0.3) is 0 Å². The van der Waals surface area contributed by atoms with E-state index in [1.54, 1.807) is 7.05 Å². The average molecular weight is 287 g/mol. The van der Waals surface area contributed by atoms with Gasteiger partial charge in [0.2, 0.25) is 0 Å². The maximum atomic E-state index is 9.10. The number of aliphatic hydroxyl groups is 1. The maximum absolute atomic E-state index is 9.10. The van der Waals surface area contributed by atoms with Crippen LogP contribution < -0.4 is 10.6 Å². The van der Waals surface area contributed by atoms with Crippen molar-refractivity contribution < 1.29 is 5.11 Å². The van der Waals surface area contributed by atoms with Crippen molar-refractivity contribution in [2.45, 2.75) is 26.7 Å². The number of rotatable bonds is 8. The van der Waals surface area contributed by atoms with E-state index < -0.39 is 0 Å². The zero-order chi connectivity index (χ0) is 14.3. The zero-order valence-electron chi connectivity index (χ0n) is 11.8. The van der Waals surface area contributed by atoms with Crippen molar-refractivity contribution in [3.05, 3.63) is 11.5 Å². The fourth-order valence-corrected chi connectivity index (χ4v) is 2.34. The summed E-state index contributed by atoms with van der Waals surface area (Å²) in [6, 6.07) is 0. The van der Waals surface area contributed by atoms with Gasteiger partial charge in [-0.25, -0.2) is 9.97 Å². The number of hydrogen-bond acceptors (Lipinski definition) is 5. The fraction of sp³-hybridized carbons (Fsp3) is 0.692. The molecule has 1 rings (SSSR count). The van der Waals surface area contributed by atoms with Crippen LogP contribution in [0, 0.1) is 11.8 Å². The quantitative estimate of drug-likeness (QED) is 0.641. The summed E-state index contributed by atoms with van der Waals surface area (Å²) < 4.78 is 0. The number of anilines is 2. The molecule has 1 unspecified atom stereocenters. The second-order valence-corrected chi connectivity index (χ2v) is 5.38. The van der Waals surface area contributed by atoms with Gasteiger partial charge in [-0.15, -0.1) is 0 Å². The minimum Gasteiger partial charge on any atom is -0.396 e. The van der Waals surface area contributed by atoms with Gasteiger partial charge in [-0.3, -0.25) is 0 Å². The Morgan fingerprint density at radius 3 is 2.68 bits per heavy atom. The van der Waals surface area contributed by atoms with Crippen LogP contribution >= 0.6 is 11.6 Å². The molecule has 0 aliphatic rings. The summed E-state index contributed by atoms with van der Waals surface area (Å²) in [4.78, 5) is 8.12. The van der Waals surface area contributed by atoms with Crippen LogP contribution in [0.2, 0.25) is 5.15 Å². The van der Waals surface area contributed by atoms with Crippen LogP contribution in [-0.2, 0) is 0 Å². The Kier molecular flexibility index (Phi) is 6.87. The molecule has 0 saturated heterocycles. The van der Waals surface area contributed by atoms with E-state index in [0.717, 1.165) is 19.4 Å². The first-order chi connectivity index (χ1) is 9.08. The third-order valence-corrected chi connectivity index (χ3v) is 3.24. The van der Waals surface area contributed by atoms with Crippen LogP contribution in [0.5, 0.6) is 0 Å². The number of nitrogens with zero attached hydrogens (tertiary/aromatic N) is 2. The molecular weight excluding hydrogens is 264 g/mol. The summed E-state index contributed by atoms with van der Waals surface area (Å²) in [5, 5.41) is 15.8. The Morgan fingerprint density at radius 1 is 1.37 bits per heavy atom. The van der Waals surface area contributed by atoms with E-state index in [2.05, 4.69) is 34.4 Å². The van der Waals surface area contributed by atoms with E-state index >= 15 is 0 Å². The average Bonchev–Trinajstić information content (AvgIpc) is 2.35. The molecule has 6 heteroatoms. The van der Waals surface area contributed by atoms with Crippen LogP contribution in [0.25, 0.3) is 0 Å². The fourth-order valence-electron chi connectivity index (χ4n) is 2.11. The molecule has 0 bridgehead atoms. The van der Waals surface area contributed by atoms with Crippen LogP contribution in [-0.4, -0.2) is 35.3 Å². The standard InChI is InChI=1S/C13H23ClN4O/c1-9(2)6-10(4-5-19)7-16-13-11(15-3)12(14)17-8-18-13/h8-10,15,19H,4-7H2,1-3H3,(H,16,17,18). The van der Waals surface area contributed by atoms with E-state index in [4.69, 9.17) is 16.7 Å². The first kappa shape index (κ1) is 16.0. The number of aliphatic hydroxyl groups excluding tert-OH is 1. The van der Waals surface area contributed by atoms with E-state index in [0.29, 0.717) is 28.5 Å². The minimum atomic E-state index is 0.211. The van der Waals surface area contributed by atoms with Crippen LogP contribution in [0.3, 0.4) is 0 Å². The molecule has 1 aromatic rings. The van der Waals surface area contributed by atoms with Gasteiger partial charge in [0.05, 0.1) is 0 Å². The summed E-state index contributed by atoms with van der Waals surface area (Å²) in [6.45, 7) is 5.35. The predicted octanol–water partition coefficient (Wildman–Crippen LogP) is 2.63. The van der Waals surface area contributed by atoms with Gasteiger partial charge in [0.15, 0.2) is 11.0 Å². The van der Waals surface area contributed by atoms with Gasteiger partial charge >= 0.3 is 0 Å². The van der Waals surface area contributed by atoms with Crippen LogP contribution in [0.1, 0.15) is 26.7 Å². The van der Waals surface area contributed by atoms with Gasteiger partial charge < -0.3 is 15.7 Å². The van der Waals surface area contributed by atoms with E-state index in [-0.39, 0.29) is 6.61 Å². The number of halogens is 1. The predicted molar refractivity (Wildman–Crippen MR) is 79.7 cm³/mol. The van der Waals surface area contributed by atoms with Crippen molar-refractivity contribution in [3.63, 3.8) is 0 Å². The third-order valence-electron chi connectivity index (χ3n) is 2.95. The molecule has 1 aromatic heterocycles. The lowest BCUT2D eigenvalue weighted by molar-refractivity contribution is 0.247. The minimum absolute atomic E-state index is 0.211. The smallest absolute Gasteiger partial charge is 0.157 e. The normalized spacial score (nSPS) is 12.5. The molecule has 0 spiro atoms. The molecule has 5 nitrogen and oxygen atoms in total. The summed E-state index contributed by atoms with van der Waals surface area (Å²) >= 11 is 6.00. The van der Waals surface area contributed by atoms with Gasteiger partial charge in [-0.2, -0.15) is 0 Å². The van der Waals surface area contributed by atoms with Gasteiger partial charge in [-0.05, 0) is 24.7 Å². The highest BCUT2D eigenvalue weighted by Crippen LogP contribution is 2.26. The van der Waals surface area contributed by atoms with Gasteiger partial charge in [0, 0.05) is 20.2 Å². The molecule has 1 atom stereocenters. The van der Waals surface area contributed by atoms with Crippen molar-refractivity contribution in [2.24, 2.45) is 11.8 Å². The summed E-state index contributed by atoms with van der Waals surface area (Å²) in [7, 11) is 1.79. The van der Waals surface area contributed by atoms with E-state index in [1.165, 1.54) is 6.33 Å². The summed E-state index contributed by atoms with van der Waals surface area (Å²) in [5.41, 5.74) is 0.705. The molecule has 0 amide bonds. The molecule has 19 heavy (non-hydrogen) atoms. The molecule has 3 N–H and O–H groups in total. The van der Waals surface area contributed by atoms with E-state index in [9.17, 15) is 0 Å². The summed E-state index contributed by atoms with van der Waals surface area (Å²) in [6.07, 6.45) is 3.30. The highest BCUT2D eigenvalue weighted by molar-refractivity contribution is 6.32. The maximum Gasteiger partial charge on any atom is 0.157 e. The van der Waals surface area contributed by atoms with Crippen LogP contribution in [0.15, 0.2) is 6.33 Å². The molecule has 1 heterocycles. The highest BCUT2D eigenvalue weighted by atomic mass is 35.5. The molecule has 0 radical (unpaired) electrons.